The monoisotopic (exact) mass is 169 g/mol. The van der Waals surface area contributed by atoms with Gasteiger partial charge in [-0.3, -0.25) is 4.84 Å². The lowest BCUT2D eigenvalue weighted by Crippen LogP contribution is -1.98. The molecule has 1 aromatic rings. The molecule has 66 valence electrons. The molecule has 0 aliphatic heterocycles. The molecule has 0 aliphatic carbocycles. The van der Waals surface area contributed by atoms with Gasteiger partial charge in [-0.15, -0.1) is 0 Å². The molecule has 4 N–H and O–H groups in total. The summed E-state index contributed by atoms with van der Waals surface area (Å²) < 4.78 is 0. The number of nitrogens with two attached hydrogens (primary N) is 1. The summed E-state index contributed by atoms with van der Waals surface area (Å²) in [7, 11) is 0. The first-order valence-electron chi connectivity index (χ1n) is 3.48. The SMILES string of the molecule is Cc1cc(CON)cc(O)c1O. The fourth-order valence-corrected chi connectivity index (χ4v) is 1.01. The van der Waals surface area contributed by atoms with Crippen LogP contribution in [0.5, 0.6) is 11.5 Å². The molecule has 1 aromatic carbocycles. The van der Waals surface area contributed by atoms with Crippen LogP contribution in [0.3, 0.4) is 0 Å². The minimum atomic E-state index is -0.151. The topological polar surface area (TPSA) is 75.7 Å². The van der Waals surface area contributed by atoms with Gasteiger partial charge in [-0.05, 0) is 30.2 Å². The molecule has 0 radical (unpaired) electrons. The van der Waals surface area contributed by atoms with Crippen LogP contribution >= 0.6 is 0 Å². The highest BCUT2D eigenvalue weighted by Gasteiger charge is 2.04. The molecule has 0 saturated heterocycles. The second-order valence-electron chi connectivity index (χ2n) is 2.59. The third-order valence-electron chi connectivity index (χ3n) is 1.59. The average Bonchev–Trinajstić information content (AvgIpc) is 2.01. The van der Waals surface area contributed by atoms with Crippen molar-refractivity contribution in [2.24, 2.45) is 5.90 Å². The maximum atomic E-state index is 9.18. The Bertz CT molecular complexity index is 263. The van der Waals surface area contributed by atoms with Crippen molar-refractivity contribution in [2.75, 3.05) is 0 Å². The molecule has 1 rings (SSSR count). The van der Waals surface area contributed by atoms with E-state index in [1.807, 2.05) is 0 Å². The first-order chi connectivity index (χ1) is 5.65. The molecule has 0 amide bonds. The smallest absolute Gasteiger partial charge is 0.160 e. The Balaban J connectivity index is 3.04. The maximum absolute atomic E-state index is 9.18. The van der Waals surface area contributed by atoms with Gasteiger partial charge < -0.3 is 10.2 Å². The molecule has 0 fully saturated rings. The molecule has 0 aliphatic rings. The van der Waals surface area contributed by atoms with Gasteiger partial charge in [0.1, 0.15) is 0 Å². The number of phenols is 2. The zero-order chi connectivity index (χ0) is 9.14. The van der Waals surface area contributed by atoms with E-state index in [9.17, 15) is 5.11 Å². The summed E-state index contributed by atoms with van der Waals surface area (Å²) in [6.45, 7) is 1.91. The van der Waals surface area contributed by atoms with E-state index < -0.39 is 0 Å². The number of rotatable bonds is 2. The molecular weight excluding hydrogens is 158 g/mol. The minimum Gasteiger partial charge on any atom is -0.504 e. The van der Waals surface area contributed by atoms with Crippen molar-refractivity contribution in [2.45, 2.75) is 13.5 Å². The fraction of sp³-hybridized carbons (Fsp3) is 0.250. The Morgan fingerprint density at radius 2 is 2.08 bits per heavy atom. The van der Waals surface area contributed by atoms with Gasteiger partial charge in [-0.25, -0.2) is 5.90 Å². The molecular formula is C8H11NO3. The number of hydrogen-bond donors (Lipinski definition) is 3. The first kappa shape index (κ1) is 8.83. The summed E-state index contributed by atoms with van der Waals surface area (Å²) >= 11 is 0. The third-order valence-corrected chi connectivity index (χ3v) is 1.59. The van der Waals surface area contributed by atoms with Crippen molar-refractivity contribution >= 4 is 0 Å². The van der Waals surface area contributed by atoms with E-state index in [2.05, 4.69) is 4.84 Å². The van der Waals surface area contributed by atoms with Gasteiger partial charge in [0.15, 0.2) is 11.5 Å². The second-order valence-corrected chi connectivity index (χ2v) is 2.59. The Labute approximate surface area is 70.2 Å². The van der Waals surface area contributed by atoms with Crippen LogP contribution in [-0.2, 0) is 11.4 Å². The van der Waals surface area contributed by atoms with Crippen molar-refractivity contribution in [3.8, 4) is 11.5 Å². The number of benzene rings is 1. The minimum absolute atomic E-state index is 0.101. The van der Waals surface area contributed by atoms with Crippen LogP contribution in [0.2, 0.25) is 0 Å². The molecule has 0 bridgehead atoms. The van der Waals surface area contributed by atoms with E-state index in [0.29, 0.717) is 5.56 Å². The van der Waals surface area contributed by atoms with E-state index in [1.54, 1.807) is 13.0 Å². The lowest BCUT2D eigenvalue weighted by atomic mass is 10.1. The van der Waals surface area contributed by atoms with Crippen LogP contribution in [0.4, 0.5) is 0 Å². The molecule has 0 saturated carbocycles. The lowest BCUT2D eigenvalue weighted by Gasteiger charge is -2.04. The second kappa shape index (κ2) is 3.42. The standard InChI is InChI=1S/C8H11NO3/c1-5-2-6(4-12-9)3-7(10)8(5)11/h2-3,10-11H,4,9H2,1H3. The fourth-order valence-electron chi connectivity index (χ4n) is 1.01. The van der Waals surface area contributed by atoms with Crippen LogP contribution in [0.15, 0.2) is 12.1 Å². The van der Waals surface area contributed by atoms with E-state index in [4.69, 9.17) is 11.0 Å². The molecule has 4 nitrogen and oxygen atoms in total. The number of aromatic hydroxyl groups is 2. The average molecular weight is 169 g/mol. The van der Waals surface area contributed by atoms with E-state index in [0.717, 1.165) is 5.56 Å². The normalized spacial score (nSPS) is 10.2. The van der Waals surface area contributed by atoms with Crippen LogP contribution in [0, 0.1) is 6.92 Å². The number of phenolic OH excluding ortho intramolecular Hbond substituents is 2. The highest BCUT2D eigenvalue weighted by atomic mass is 16.6. The van der Waals surface area contributed by atoms with Gasteiger partial charge in [0, 0.05) is 0 Å². The van der Waals surface area contributed by atoms with Crippen molar-refractivity contribution in [1.82, 2.24) is 0 Å². The predicted molar refractivity (Wildman–Crippen MR) is 43.5 cm³/mol. The highest BCUT2D eigenvalue weighted by molar-refractivity contribution is 5.46. The third kappa shape index (κ3) is 1.66. The quantitative estimate of drug-likeness (QED) is 0.452. The summed E-state index contributed by atoms with van der Waals surface area (Å²) in [6, 6.07) is 3.11. The Morgan fingerprint density at radius 3 is 2.58 bits per heavy atom. The van der Waals surface area contributed by atoms with Crippen LogP contribution < -0.4 is 5.90 Å². The molecule has 0 spiro atoms. The van der Waals surface area contributed by atoms with Gasteiger partial charge in [0.25, 0.3) is 0 Å². The summed E-state index contributed by atoms with van der Waals surface area (Å²) in [5, 5.41) is 18.3. The molecule has 0 atom stereocenters. The van der Waals surface area contributed by atoms with E-state index in [1.165, 1.54) is 6.07 Å². The Kier molecular flexibility index (Phi) is 2.52. The Hall–Kier alpha value is -1.26. The zero-order valence-corrected chi connectivity index (χ0v) is 6.74. The summed E-state index contributed by atoms with van der Waals surface area (Å²) in [6.07, 6.45) is 0. The van der Waals surface area contributed by atoms with Gasteiger partial charge >= 0.3 is 0 Å². The van der Waals surface area contributed by atoms with Crippen molar-refractivity contribution < 1.29 is 15.1 Å². The van der Waals surface area contributed by atoms with Crippen molar-refractivity contribution in [1.29, 1.82) is 0 Å². The zero-order valence-electron chi connectivity index (χ0n) is 6.74. The molecule has 4 heteroatoms. The van der Waals surface area contributed by atoms with Crippen molar-refractivity contribution in [3.05, 3.63) is 23.3 Å². The number of hydrogen-bond acceptors (Lipinski definition) is 4. The Morgan fingerprint density at radius 1 is 1.42 bits per heavy atom. The van der Waals surface area contributed by atoms with E-state index in [-0.39, 0.29) is 18.1 Å². The summed E-state index contributed by atoms with van der Waals surface area (Å²) in [5.74, 6) is 4.60. The largest absolute Gasteiger partial charge is 0.504 e. The predicted octanol–water partition coefficient (Wildman–Crippen LogP) is 0.797. The molecule has 0 unspecified atom stereocenters. The summed E-state index contributed by atoms with van der Waals surface area (Å²) in [5.41, 5.74) is 1.33. The van der Waals surface area contributed by atoms with Gasteiger partial charge in [-0.2, -0.15) is 0 Å². The van der Waals surface area contributed by atoms with Crippen molar-refractivity contribution in [3.63, 3.8) is 0 Å². The maximum Gasteiger partial charge on any atom is 0.160 e. The molecule has 0 aromatic heterocycles. The number of aryl methyl sites for hydroxylation is 1. The van der Waals surface area contributed by atoms with Crippen LogP contribution in [0.1, 0.15) is 11.1 Å². The van der Waals surface area contributed by atoms with Gasteiger partial charge in [0.2, 0.25) is 0 Å². The lowest BCUT2D eigenvalue weighted by molar-refractivity contribution is 0.124. The first-order valence-corrected chi connectivity index (χ1v) is 3.48. The van der Waals surface area contributed by atoms with Crippen LogP contribution in [-0.4, -0.2) is 10.2 Å². The van der Waals surface area contributed by atoms with Gasteiger partial charge in [0.05, 0.1) is 6.61 Å². The summed E-state index contributed by atoms with van der Waals surface area (Å²) in [4.78, 5) is 4.38. The molecule has 12 heavy (non-hydrogen) atoms. The molecule has 0 heterocycles. The van der Waals surface area contributed by atoms with Crippen LogP contribution in [0.25, 0.3) is 0 Å². The van der Waals surface area contributed by atoms with Gasteiger partial charge in [-0.1, -0.05) is 0 Å². The van der Waals surface area contributed by atoms with E-state index >= 15 is 0 Å². The highest BCUT2D eigenvalue weighted by Crippen LogP contribution is 2.29.